The van der Waals surface area contributed by atoms with E-state index >= 15 is 0 Å². The van der Waals surface area contributed by atoms with E-state index in [1.165, 1.54) is 11.3 Å². The number of aliphatic carboxylic acids is 1. The molecule has 2 N–H and O–H groups in total. The van der Waals surface area contributed by atoms with Crippen LogP contribution in [0.25, 0.3) is 6.08 Å². The van der Waals surface area contributed by atoms with E-state index in [0.717, 1.165) is 29.4 Å². The lowest BCUT2D eigenvalue weighted by Gasteiger charge is -2.11. The number of rotatable bonds is 7. The molecule has 4 nitrogen and oxygen atoms in total. The Balaban J connectivity index is 2.50. The third-order valence-corrected chi connectivity index (χ3v) is 3.84. The molecule has 0 unspecified atom stereocenters. The predicted molar refractivity (Wildman–Crippen MR) is 76.9 cm³/mol. The van der Waals surface area contributed by atoms with E-state index < -0.39 is 5.97 Å². The number of hydrogen-bond acceptors (Lipinski definition) is 3. The van der Waals surface area contributed by atoms with Crippen LogP contribution in [0.3, 0.4) is 0 Å². The van der Waals surface area contributed by atoms with Gasteiger partial charge in [-0.2, -0.15) is 0 Å². The maximum absolute atomic E-state index is 11.8. The standard InChI is InChI=1S/C14H19NO3S/c1-3-11(4-2)14(18)15-8-12-7-10(9-19-12)5-6-13(16)17/h5-7,9,11H,3-4,8H2,1-2H3,(H,15,18)(H,16,17). The monoisotopic (exact) mass is 281 g/mol. The van der Waals surface area contributed by atoms with Gasteiger partial charge in [0, 0.05) is 16.9 Å². The zero-order valence-corrected chi connectivity index (χ0v) is 12.0. The highest BCUT2D eigenvalue weighted by Crippen LogP contribution is 2.16. The maximum Gasteiger partial charge on any atom is 0.328 e. The van der Waals surface area contributed by atoms with E-state index in [4.69, 9.17) is 5.11 Å². The number of hydrogen-bond donors (Lipinski definition) is 2. The third-order valence-electron chi connectivity index (χ3n) is 2.89. The van der Waals surface area contributed by atoms with Crippen LogP contribution in [0.4, 0.5) is 0 Å². The van der Waals surface area contributed by atoms with Gasteiger partial charge in [-0.05, 0) is 35.9 Å². The minimum absolute atomic E-state index is 0.0753. The smallest absolute Gasteiger partial charge is 0.328 e. The summed E-state index contributed by atoms with van der Waals surface area (Å²) in [5.74, 6) is -0.804. The van der Waals surface area contributed by atoms with Crippen molar-refractivity contribution in [2.24, 2.45) is 5.92 Å². The molecule has 0 saturated heterocycles. The molecule has 0 fully saturated rings. The van der Waals surface area contributed by atoms with Crippen molar-refractivity contribution in [2.75, 3.05) is 0 Å². The fourth-order valence-electron chi connectivity index (χ4n) is 1.72. The van der Waals surface area contributed by atoms with Crippen molar-refractivity contribution in [1.29, 1.82) is 0 Å². The number of nitrogens with one attached hydrogen (secondary N) is 1. The van der Waals surface area contributed by atoms with Crippen LogP contribution < -0.4 is 5.32 Å². The van der Waals surface area contributed by atoms with Crippen LogP contribution in [0.2, 0.25) is 0 Å². The molecular weight excluding hydrogens is 262 g/mol. The van der Waals surface area contributed by atoms with Crippen LogP contribution >= 0.6 is 11.3 Å². The molecule has 1 aromatic rings. The van der Waals surface area contributed by atoms with E-state index in [1.54, 1.807) is 6.08 Å². The second kappa shape index (κ2) is 7.74. The Bertz CT molecular complexity index is 461. The minimum atomic E-state index is -0.963. The summed E-state index contributed by atoms with van der Waals surface area (Å²) in [6.45, 7) is 4.52. The molecule has 1 rings (SSSR count). The molecule has 0 aliphatic heterocycles. The van der Waals surface area contributed by atoms with Gasteiger partial charge in [-0.1, -0.05) is 13.8 Å². The molecular formula is C14H19NO3S. The summed E-state index contributed by atoms with van der Waals surface area (Å²) in [5, 5.41) is 13.3. The lowest BCUT2D eigenvalue weighted by molar-refractivity contribution is -0.131. The SMILES string of the molecule is CCC(CC)C(=O)NCc1cc(C=CC(=O)O)cs1. The minimum Gasteiger partial charge on any atom is -0.478 e. The van der Waals surface area contributed by atoms with Gasteiger partial charge < -0.3 is 10.4 Å². The summed E-state index contributed by atoms with van der Waals surface area (Å²) in [6, 6.07) is 1.89. The van der Waals surface area contributed by atoms with Gasteiger partial charge in [0.25, 0.3) is 0 Å². The van der Waals surface area contributed by atoms with Gasteiger partial charge in [0.05, 0.1) is 6.54 Å². The van der Waals surface area contributed by atoms with Crippen LogP contribution in [0, 0.1) is 5.92 Å². The Kier molecular flexibility index (Phi) is 6.29. The van der Waals surface area contributed by atoms with Crippen LogP contribution in [-0.4, -0.2) is 17.0 Å². The number of carbonyl (C=O) groups is 2. The molecule has 0 aliphatic rings. The molecule has 0 bridgehead atoms. The highest BCUT2D eigenvalue weighted by Gasteiger charge is 2.13. The predicted octanol–water partition coefficient (Wildman–Crippen LogP) is 2.90. The molecule has 0 aliphatic carbocycles. The molecule has 0 radical (unpaired) electrons. The zero-order chi connectivity index (χ0) is 14.3. The topological polar surface area (TPSA) is 66.4 Å². The van der Waals surface area contributed by atoms with Crippen molar-refractivity contribution in [3.05, 3.63) is 28.0 Å². The lowest BCUT2D eigenvalue weighted by Crippen LogP contribution is -2.29. The summed E-state index contributed by atoms with van der Waals surface area (Å²) in [7, 11) is 0. The number of carboxylic acids is 1. The van der Waals surface area contributed by atoms with Crippen LogP contribution in [0.15, 0.2) is 17.5 Å². The number of thiophene rings is 1. The van der Waals surface area contributed by atoms with Crippen molar-refractivity contribution < 1.29 is 14.7 Å². The first-order chi connectivity index (χ1) is 9.06. The lowest BCUT2D eigenvalue weighted by atomic mass is 10.0. The van der Waals surface area contributed by atoms with Crippen LogP contribution in [0.5, 0.6) is 0 Å². The Morgan fingerprint density at radius 1 is 1.42 bits per heavy atom. The highest BCUT2D eigenvalue weighted by atomic mass is 32.1. The van der Waals surface area contributed by atoms with Gasteiger partial charge in [0.1, 0.15) is 0 Å². The Morgan fingerprint density at radius 3 is 2.68 bits per heavy atom. The molecule has 0 aromatic carbocycles. The summed E-state index contributed by atoms with van der Waals surface area (Å²) < 4.78 is 0. The molecule has 104 valence electrons. The van der Waals surface area contributed by atoms with E-state index in [9.17, 15) is 9.59 Å². The fourth-order valence-corrected chi connectivity index (χ4v) is 2.52. The summed E-state index contributed by atoms with van der Waals surface area (Å²) in [6.07, 6.45) is 4.35. The van der Waals surface area contributed by atoms with Gasteiger partial charge in [-0.25, -0.2) is 4.79 Å². The summed E-state index contributed by atoms with van der Waals surface area (Å²) in [4.78, 5) is 23.2. The molecule has 1 aromatic heterocycles. The summed E-state index contributed by atoms with van der Waals surface area (Å²) >= 11 is 1.51. The molecule has 0 atom stereocenters. The van der Waals surface area contributed by atoms with Gasteiger partial charge in [0.15, 0.2) is 0 Å². The Hall–Kier alpha value is -1.62. The average molecular weight is 281 g/mol. The quantitative estimate of drug-likeness (QED) is 0.755. The van der Waals surface area contributed by atoms with Crippen LogP contribution in [0.1, 0.15) is 37.1 Å². The van der Waals surface area contributed by atoms with Gasteiger partial charge in [0.2, 0.25) is 5.91 Å². The van der Waals surface area contributed by atoms with Gasteiger partial charge >= 0.3 is 5.97 Å². The van der Waals surface area contributed by atoms with E-state index in [0.29, 0.717) is 6.54 Å². The van der Waals surface area contributed by atoms with E-state index in [2.05, 4.69) is 5.32 Å². The number of amides is 1. The van der Waals surface area contributed by atoms with Crippen molar-refractivity contribution >= 4 is 29.3 Å². The average Bonchev–Trinajstić information content (AvgIpc) is 2.83. The first-order valence-corrected chi connectivity index (χ1v) is 7.20. The van der Waals surface area contributed by atoms with Gasteiger partial charge in [-0.3, -0.25) is 4.79 Å². The van der Waals surface area contributed by atoms with Gasteiger partial charge in [-0.15, -0.1) is 11.3 Å². The van der Waals surface area contributed by atoms with Crippen LogP contribution in [-0.2, 0) is 16.1 Å². The number of carboxylic acid groups (broad SMARTS) is 1. The highest BCUT2D eigenvalue weighted by molar-refractivity contribution is 7.10. The van der Waals surface area contributed by atoms with Crippen molar-refractivity contribution in [3.63, 3.8) is 0 Å². The summed E-state index contributed by atoms with van der Waals surface area (Å²) in [5.41, 5.74) is 0.846. The third kappa shape index (κ3) is 5.26. The molecule has 0 saturated carbocycles. The maximum atomic E-state index is 11.8. The number of carbonyl (C=O) groups excluding carboxylic acids is 1. The molecule has 1 amide bonds. The first-order valence-electron chi connectivity index (χ1n) is 6.32. The van der Waals surface area contributed by atoms with E-state index in [-0.39, 0.29) is 11.8 Å². The molecule has 19 heavy (non-hydrogen) atoms. The molecule has 0 spiro atoms. The van der Waals surface area contributed by atoms with Crippen molar-refractivity contribution in [1.82, 2.24) is 5.32 Å². The largest absolute Gasteiger partial charge is 0.478 e. The second-order valence-corrected chi connectivity index (χ2v) is 5.24. The fraction of sp³-hybridized carbons (Fsp3) is 0.429. The Labute approximate surface area is 117 Å². The first kappa shape index (κ1) is 15.4. The zero-order valence-electron chi connectivity index (χ0n) is 11.2. The molecule has 5 heteroatoms. The second-order valence-electron chi connectivity index (χ2n) is 4.25. The Morgan fingerprint density at radius 2 is 2.11 bits per heavy atom. The van der Waals surface area contributed by atoms with Crippen molar-refractivity contribution in [3.8, 4) is 0 Å². The normalized spacial score (nSPS) is 11.1. The van der Waals surface area contributed by atoms with Crippen molar-refractivity contribution in [2.45, 2.75) is 33.2 Å². The molecule has 1 heterocycles. The van der Waals surface area contributed by atoms with E-state index in [1.807, 2.05) is 25.3 Å².